The highest BCUT2D eigenvalue weighted by Gasteiger charge is 2.43. The Morgan fingerprint density at radius 1 is 1.50 bits per heavy atom. The maximum Gasteiger partial charge on any atom is 0.326 e. The molecule has 1 unspecified atom stereocenters. The van der Waals surface area contributed by atoms with Gasteiger partial charge in [0.15, 0.2) is 0 Å². The van der Waals surface area contributed by atoms with Crippen molar-refractivity contribution >= 4 is 17.7 Å². The molecule has 0 amide bonds. The Labute approximate surface area is 102 Å². The fraction of sp³-hybridized carbons (Fsp3) is 0.917. The first kappa shape index (κ1) is 12.2. The predicted octanol–water partition coefficient (Wildman–Crippen LogP) is 1.81. The molecule has 0 aromatic heterocycles. The second-order valence-corrected chi connectivity index (χ2v) is 6.09. The van der Waals surface area contributed by atoms with Gasteiger partial charge in [-0.05, 0) is 56.1 Å². The minimum Gasteiger partial charge on any atom is -0.468 e. The first-order valence-electron chi connectivity index (χ1n) is 6.18. The zero-order chi connectivity index (χ0) is 11.4. The molecule has 4 heteroatoms. The van der Waals surface area contributed by atoms with Gasteiger partial charge < -0.3 is 10.1 Å². The van der Waals surface area contributed by atoms with Gasteiger partial charge in [0, 0.05) is 0 Å². The van der Waals surface area contributed by atoms with E-state index in [0.29, 0.717) is 5.92 Å². The van der Waals surface area contributed by atoms with Crippen molar-refractivity contribution in [2.75, 3.05) is 25.2 Å². The van der Waals surface area contributed by atoms with Crippen molar-refractivity contribution in [1.82, 2.24) is 5.32 Å². The quantitative estimate of drug-likeness (QED) is 0.767. The minimum atomic E-state index is -0.360. The van der Waals surface area contributed by atoms with Gasteiger partial charge >= 0.3 is 5.97 Å². The summed E-state index contributed by atoms with van der Waals surface area (Å²) in [4.78, 5) is 11.9. The number of thioether (sulfide) groups is 1. The lowest BCUT2D eigenvalue weighted by atomic mass is 9.83. The standard InChI is InChI=1S/C12H21NO2S/c1-15-11(14)12(5-2-6-13-12)9-10-3-7-16-8-4-10/h10,13H,2-9H2,1H3. The largest absolute Gasteiger partial charge is 0.468 e. The highest BCUT2D eigenvalue weighted by molar-refractivity contribution is 7.99. The average molecular weight is 243 g/mol. The topological polar surface area (TPSA) is 38.3 Å². The molecule has 2 aliphatic rings. The van der Waals surface area contributed by atoms with E-state index in [2.05, 4.69) is 5.32 Å². The van der Waals surface area contributed by atoms with Crippen molar-refractivity contribution in [2.45, 2.75) is 37.6 Å². The minimum absolute atomic E-state index is 0.0526. The van der Waals surface area contributed by atoms with E-state index in [1.807, 2.05) is 11.8 Å². The van der Waals surface area contributed by atoms with E-state index in [1.54, 1.807) is 0 Å². The van der Waals surface area contributed by atoms with E-state index in [0.717, 1.165) is 25.8 Å². The van der Waals surface area contributed by atoms with Crippen molar-refractivity contribution in [3.63, 3.8) is 0 Å². The number of ether oxygens (including phenoxy) is 1. The van der Waals surface area contributed by atoms with Crippen LogP contribution in [-0.2, 0) is 9.53 Å². The molecule has 92 valence electrons. The lowest BCUT2D eigenvalue weighted by Gasteiger charge is -2.32. The van der Waals surface area contributed by atoms with Gasteiger partial charge in [-0.15, -0.1) is 0 Å². The van der Waals surface area contributed by atoms with Crippen molar-refractivity contribution < 1.29 is 9.53 Å². The third kappa shape index (κ3) is 2.54. The molecule has 0 aromatic rings. The summed E-state index contributed by atoms with van der Waals surface area (Å²) in [6, 6.07) is 0. The molecule has 0 spiro atoms. The van der Waals surface area contributed by atoms with Gasteiger partial charge in [0.05, 0.1) is 7.11 Å². The summed E-state index contributed by atoms with van der Waals surface area (Å²) >= 11 is 2.03. The zero-order valence-electron chi connectivity index (χ0n) is 9.96. The Morgan fingerprint density at radius 2 is 2.25 bits per heavy atom. The van der Waals surface area contributed by atoms with Gasteiger partial charge in [-0.25, -0.2) is 0 Å². The fourth-order valence-electron chi connectivity index (χ4n) is 2.88. The molecule has 1 atom stereocenters. The Kier molecular flexibility index (Phi) is 4.14. The van der Waals surface area contributed by atoms with E-state index < -0.39 is 0 Å². The second kappa shape index (κ2) is 5.41. The summed E-state index contributed by atoms with van der Waals surface area (Å²) < 4.78 is 4.97. The van der Waals surface area contributed by atoms with Crippen LogP contribution < -0.4 is 5.32 Å². The SMILES string of the molecule is COC(=O)C1(CC2CCSCC2)CCCN1. The lowest BCUT2D eigenvalue weighted by Crippen LogP contribution is -2.50. The van der Waals surface area contributed by atoms with Gasteiger partial charge in [0.25, 0.3) is 0 Å². The summed E-state index contributed by atoms with van der Waals surface area (Å²) in [5.41, 5.74) is -0.360. The number of methoxy groups -OCH3 is 1. The average Bonchev–Trinajstić information content (AvgIpc) is 2.79. The van der Waals surface area contributed by atoms with E-state index >= 15 is 0 Å². The molecule has 3 nitrogen and oxygen atoms in total. The highest BCUT2D eigenvalue weighted by atomic mass is 32.2. The summed E-state index contributed by atoms with van der Waals surface area (Å²) in [6.07, 6.45) is 5.52. The molecular formula is C12H21NO2S. The van der Waals surface area contributed by atoms with E-state index in [-0.39, 0.29) is 11.5 Å². The van der Waals surface area contributed by atoms with Gasteiger partial charge in [-0.3, -0.25) is 4.79 Å². The normalized spacial score (nSPS) is 31.6. The third-order valence-corrected chi connectivity index (χ3v) is 4.85. The first-order chi connectivity index (χ1) is 7.77. The molecule has 0 aromatic carbocycles. The predicted molar refractivity (Wildman–Crippen MR) is 66.6 cm³/mol. The van der Waals surface area contributed by atoms with Gasteiger partial charge in [-0.1, -0.05) is 0 Å². The van der Waals surface area contributed by atoms with E-state index in [1.165, 1.54) is 31.5 Å². The van der Waals surface area contributed by atoms with Crippen molar-refractivity contribution in [3.05, 3.63) is 0 Å². The summed E-state index contributed by atoms with van der Waals surface area (Å²) in [6.45, 7) is 0.955. The fourth-order valence-corrected chi connectivity index (χ4v) is 4.08. The first-order valence-corrected chi connectivity index (χ1v) is 7.33. The summed E-state index contributed by atoms with van der Waals surface area (Å²) in [7, 11) is 1.50. The number of esters is 1. The number of carbonyl (C=O) groups is 1. The van der Waals surface area contributed by atoms with E-state index in [9.17, 15) is 4.79 Å². The van der Waals surface area contributed by atoms with Crippen molar-refractivity contribution in [1.29, 1.82) is 0 Å². The highest BCUT2D eigenvalue weighted by Crippen LogP contribution is 2.34. The van der Waals surface area contributed by atoms with Crippen LogP contribution in [0.15, 0.2) is 0 Å². The Balaban J connectivity index is 1.98. The summed E-state index contributed by atoms with van der Waals surface area (Å²) in [5.74, 6) is 3.15. The molecule has 0 saturated carbocycles. The lowest BCUT2D eigenvalue weighted by molar-refractivity contribution is -0.148. The maximum absolute atomic E-state index is 11.9. The molecule has 0 radical (unpaired) electrons. The number of nitrogens with one attached hydrogen (secondary N) is 1. The van der Waals surface area contributed by atoms with Crippen LogP contribution in [0.25, 0.3) is 0 Å². The molecule has 16 heavy (non-hydrogen) atoms. The molecule has 0 bridgehead atoms. The van der Waals surface area contributed by atoms with Crippen LogP contribution in [0.3, 0.4) is 0 Å². The molecule has 2 heterocycles. The van der Waals surface area contributed by atoms with E-state index in [4.69, 9.17) is 4.74 Å². The number of carbonyl (C=O) groups excluding carboxylic acids is 1. The molecule has 0 aliphatic carbocycles. The van der Waals surface area contributed by atoms with Crippen LogP contribution >= 0.6 is 11.8 Å². The number of hydrogen-bond donors (Lipinski definition) is 1. The monoisotopic (exact) mass is 243 g/mol. The zero-order valence-corrected chi connectivity index (χ0v) is 10.8. The van der Waals surface area contributed by atoms with Crippen LogP contribution in [0.5, 0.6) is 0 Å². The van der Waals surface area contributed by atoms with Crippen molar-refractivity contribution in [2.24, 2.45) is 5.92 Å². The summed E-state index contributed by atoms with van der Waals surface area (Å²) in [5, 5.41) is 3.39. The Bertz CT molecular complexity index is 245. The maximum atomic E-state index is 11.9. The van der Waals surface area contributed by atoms with Gasteiger partial charge in [0.1, 0.15) is 5.54 Å². The van der Waals surface area contributed by atoms with Crippen molar-refractivity contribution in [3.8, 4) is 0 Å². The van der Waals surface area contributed by atoms with Crippen LogP contribution in [0, 0.1) is 5.92 Å². The molecular weight excluding hydrogens is 222 g/mol. The molecule has 2 fully saturated rings. The van der Waals surface area contributed by atoms with Gasteiger partial charge in [-0.2, -0.15) is 11.8 Å². The molecule has 2 saturated heterocycles. The number of hydrogen-bond acceptors (Lipinski definition) is 4. The van der Waals surface area contributed by atoms with Crippen LogP contribution in [0.4, 0.5) is 0 Å². The molecule has 2 rings (SSSR count). The Hall–Kier alpha value is -0.220. The molecule has 1 N–H and O–H groups in total. The van der Waals surface area contributed by atoms with Crippen LogP contribution in [-0.4, -0.2) is 36.7 Å². The molecule has 2 aliphatic heterocycles. The number of rotatable bonds is 3. The Morgan fingerprint density at radius 3 is 2.81 bits per heavy atom. The van der Waals surface area contributed by atoms with Crippen LogP contribution in [0.2, 0.25) is 0 Å². The second-order valence-electron chi connectivity index (χ2n) is 4.86. The smallest absolute Gasteiger partial charge is 0.326 e. The van der Waals surface area contributed by atoms with Gasteiger partial charge in [0.2, 0.25) is 0 Å². The third-order valence-electron chi connectivity index (χ3n) is 3.80. The van der Waals surface area contributed by atoms with Crippen LogP contribution in [0.1, 0.15) is 32.1 Å².